The zero-order chi connectivity index (χ0) is 18.4. The largest absolute Gasteiger partial charge is 0.493 e. The van der Waals surface area contributed by atoms with Crippen LogP contribution in [0.5, 0.6) is 11.5 Å². The number of rotatable bonds is 4. The van der Waals surface area contributed by atoms with E-state index in [-0.39, 0.29) is 17.2 Å². The highest BCUT2D eigenvalue weighted by Crippen LogP contribution is 2.52. The molecule has 3 aliphatic rings. The van der Waals surface area contributed by atoms with Gasteiger partial charge in [0, 0.05) is 31.0 Å². The number of nitrogens with zero attached hydrogens (tertiary/aromatic N) is 1. The lowest BCUT2D eigenvalue weighted by Crippen LogP contribution is -2.48. The molecule has 0 radical (unpaired) electrons. The number of allylic oxidation sites excluding steroid dienone is 1. The van der Waals surface area contributed by atoms with Gasteiger partial charge in [-0.1, -0.05) is 36.4 Å². The SMILES string of the molecule is COc1cc2c(cc1OCc1ccccc1)[C@@]13C=CC(=O)C[C@@H]1N(CC3)C2. The lowest BCUT2D eigenvalue weighted by Gasteiger charge is -2.44. The fraction of sp³-hybridized carbons (Fsp3) is 0.348. The van der Waals surface area contributed by atoms with Gasteiger partial charge in [0.05, 0.1) is 7.11 Å². The molecule has 2 heterocycles. The van der Waals surface area contributed by atoms with Crippen LogP contribution in [0.25, 0.3) is 0 Å². The van der Waals surface area contributed by atoms with Crippen molar-refractivity contribution in [3.8, 4) is 11.5 Å². The molecule has 27 heavy (non-hydrogen) atoms. The van der Waals surface area contributed by atoms with E-state index in [0.29, 0.717) is 13.0 Å². The van der Waals surface area contributed by atoms with Gasteiger partial charge in [-0.25, -0.2) is 0 Å². The molecule has 2 bridgehead atoms. The fourth-order valence-electron chi connectivity index (χ4n) is 4.97. The molecule has 0 spiro atoms. The van der Waals surface area contributed by atoms with Crippen LogP contribution in [0, 0.1) is 0 Å². The molecule has 3 atom stereocenters. The summed E-state index contributed by atoms with van der Waals surface area (Å²) in [6, 6.07) is 14.7. The van der Waals surface area contributed by atoms with Gasteiger partial charge in [-0.15, -0.1) is 0 Å². The number of benzene rings is 2. The van der Waals surface area contributed by atoms with Gasteiger partial charge in [0.2, 0.25) is 0 Å². The number of ketones is 1. The Morgan fingerprint density at radius 3 is 2.85 bits per heavy atom. The Balaban J connectivity index is 1.55. The highest BCUT2D eigenvalue weighted by atomic mass is 16.5. The molecule has 5 rings (SSSR count). The lowest BCUT2D eigenvalue weighted by atomic mass is 9.67. The third-order valence-corrected chi connectivity index (χ3v) is 6.31. The summed E-state index contributed by atoms with van der Waals surface area (Å²) in [4.78, 5) is 14.5. The molecule has 4 heteroatoms. The number of carbonyl (C=O) groups is 1. The summed E-state index contributed by atoms with van der Waals surface area (Å²) in [6.45, 7) is 2.41. The Morgan fingerprint density at radius 1 is 1.19 bits per heavy atom. The highest BCUT2D eigenvalue weighted by Gasteiger charge is 2.53. The minimum absolute atomic E-state index is 0.0708. The van der Waals surface area contributed by atoms with E-state index in [1.165, 1.54) is 11.1 Å². The number of methoxy groups -OCH3 is 1. The Kier molecular flexibility index (Phi) is 3.83. The van der Waals surface area contributed by atoms with Gasteiger partial charge in [0.25, 0.3) is 0 Å². The molecule has 0 amide bonds. The van der Waals surface area contributed by atoms with E-state index < -0.39 is 0 Å². The van der Waals surface area contributed by atoms with Crippen LogP contribution >= 0.6 is 0 Å². The molecule has 0 saturated carbocycles. The smallest absolute Gasteiger partial charge is 0.161 e. The first-order valence-corrected chi connectivity index (χ1v) is 9.54. The van der Waals surface area contributed by atoms with E-state index in [0.717, 1.165) is 36.6 Å². The summed E-state index contributed by atoms with van der Waals surface area (Å²) in [7, 11) is 1.69. The zero-order valence-electron chi connectivity index (χ0n) is 15.5. The van der Waals surface area contributed by atoms with Crippen molar-refractivity contribution in [1.82, 2.24) is 4.90 Å². The van der Waals surface area contributed by atoms with Gasteiger partial charge in [0.1, 0.15) is 6.61 Å². The van der Waals surface area contributed by atoms with E-state index in [9.17, 15) is 4.79 Å². The van der Waals surface area contributed by atoms with Crippen molar-refractivity contribution < 1.29 is 14.3 Å². The molecule has 2 aliphatic heterocycles. The molecule has 4 nitrogen and oxygen atoms in total. The van der Waals surface area contributed by atoms with Crippen molar-refractivity contribution in [2.45, 2.75) is 37.5 Å². The second kappa shape index (κ2) is 6.24. The Hall–Kier alpha value is -2.59. The van der Waals surface area contributed by atoms with Crippen LogP contribution in [0.1, 0.15) is 29.5 Å². The van der Waals surface area contributed by atoms with Crippen molar-refractivity contribution in [1.29, 1.82) is 0 Å². The molecular weight excluding hydrogens is 338 g/mol. The average Bonchev–Trinajstić information content (AvgIpc) is 2.97. The van der Waals surface area contributed by atoms with Crippen molar-refractivity contribution in [2.24, 2.45) is 0 Å². The Bertz CT molecular complexity index is 921. The molecule has 138 valence electrons. The number of hydrogen-bond acceptors (Lipinski definition) is 4. The van der Waals surface area contributed by atoms with Gasteiger partial charge in [-0.3, -0.25) is 9.69 Å². The van der Waals surface area contributed by atoms with Gasteiger partial charge in [-0.2, -0.15) is 0 Å². The average molecular weight is 361 g/mol. The molecule has 0 N–H and O–H groups in total. The highest BCUT2D eigenvalue weighted by molar-refractivity contribution is 5.92. The van der Waals surface area contributed by atoms with E-state index in [4.69, 9.17) is 9.47 Å². The van der Waals surface area contributed by atoms with E-state index >= 15 is 0 Å². The maximum absolute atomic E-state index is 12.0. The minimum Gasteiger partial charge on any atom is -0.493 e. The lowest BCUT2D eigenvalue weighted by molar-refractivity contribution is -0.116. The monoisotopic (exact) mass is 361 g/mol. The summed E-state index contributed by atoms with van der Waals surface area (Å²) in [5.41, 5.74) is 3.64. The van der Waals surface area contributed by atoms with Crippen LogP contribution in [-0.4, -0.2) is 30.4 Å². The number of ether oxygens (including phenoxy) is 2. The summed E-state index contributed by atoms with van der Waals surface area (Å²) < 4.78 is 11.8. The van der Waals surface area contributed by atoms with Crippen LogP contribution in [0.4, 0.5) is 0 Å². The first-order chi connectivity index (χ1) is 13.2. The number of fused-ring (bicyclic) bond motifs is 1. The molecule has 2 aromatic rings. The third kappa shape index (κ3) is 2.59. The van der Waals surface area contributed by atoms with Crippen LogP contribution in [0.3, 0.4) is 0 Å². The van der Waals surface area contributed by atoms with Crippen LogP contribution in [-0.2, 0) is 23.4 Å². The fourth-order valence-corrected chi connectivity index (χ4v) is 4.97. The first-order valence-electron chi connectivity index (χ1n) is 9.54. The molecule has 1 fully saturated rings. The second-order valence-corrected chi connectivity index (χ2v) is 7.71. The molecular formula is C23H23NO3. The van der Waals surface area contributed by atoms with Gasteiger partial charge in [-0.05, 0) is 41.3 Å². The number of hydrogen-bond donors (Lipinski definition) is 0. The molecule has 1 unspecified atom stereocenters. The van der Waals surface area contributed by atoms with E-state index in [1.807, 2.05) is 18.2 Å². The van der Waals surface area contributed by atoms with Gasteiger partial charge >= 0.3 is 0 Å². The predicted octanol–water partition coefficient (Wildman–Crippen LogP) is 3.63. The quantitative estimate of drug-likeness (QED) is 0.834. The zero-order valence-corrected chi connectivity index (χ0v) is 15.5. The van der Waals surface area contributed by atoms with E-state index in [1.54, 1.807) is 13.2 Å². The summed E-state index contributed by atoms with van der Waals surface area (Å²) in [6.07, 6.45) is 5.60. The summed E-state index contributed by atoms with van der Waals surface area (Å²) >= 11 is 0. The van der Waals surface area contributed by atoms with Gasteiger partial charge in [0.15, 0.2) is 17.3 Å². The van der Waals surface area contributed by atoms with Gasteiger partial charge < -0.3 is 9.47 Å². The van der Waals surface area contributed by atoms with Crippen LogP contribution in [0.15, 0.2) is 54.6 Å². The predicted molar refractivity (Wildman–Crippen MR) is 103 cm³/mol. The Labute approximate surface area is 159 Å². The number of carbonyl (C=O) groups excluding carboxylic acids is 1. The van der Waals surface area contributed by atoms with Crippen LogP contribution in [0.2, 0.25) is 0 Å². The first kappa shape index (κ1) is 16.6. The summed E-state index contributed by atoms with van der Waals surface area (Å²) in [5.74, 6) is 1.79. The van der Waals surface area contributed by atoms with Crippen molar-refractivity contribution in [3.05, 3.63) is 71.3 Å². The third-order valence-electron chi connectivity index (χ3n) is 6.31. The molecule has 1 saturated heterocycles. The maximum Gasteiger partial charge on any atom is 0.161 e. The van der Waals surface area contributed by atoms with E-state index in [2.05, 4.69) is 35.2 Å². The molecule has 0 aromatic heterocycles. The normalized spacial score (nSPS) is 27.8. The standard InChI is InChI=1S/C23H23NO3/c1-26-20-11-17-14-24-10-9-23(8-7-18(25)12-22(23)24)19(17)13-21(20)27-15-16-5-3-2-4-6-16/h2-8,11,13,22H,9-10,12,14-15H2,1H3/t22-,23-/m0/s1. The van der Waals surface area contributed by atoms with Crippen molar-refractivity contribution in [2.75, 3.05) is 13.7 Å². The van der Waals surface area contributed by atoms with Crippen LogP contribution < -0.4 is 9.47 Å². The molecule has 2 aromatic carbocycles. The summed E-state index contributed by atoms with van der Waals surface area (Å²) in [5, 5.41) is 0. The van der Waals surface area contributed by atoms with Crippen molar-refractivity contribution in [3.63, 3.8) is 0 Å². The Morgan fingerprint density at radius 2 is 2.04 bits per heavy atom. The second-order valence-electron chi connectivity index (χ2n) is 7.71. The molecule has 1 aliphatic carbocycles. The maximum atomic E-state index is 12.0. The topological polar surface area (TPSA) is 38.8 Å². The van der Waals surface area contributed by atoms with Crippen molar-refractivity contribution >= 4 is 5.78 Å². The minimum atomic E-state index is -0.0708.